The molecule has 0 amide bonds. The Morgan fingerprint density at radius 1 is 1.32 bits per heavy atom. The zero-order valence-corrected chi connectivity index (χ0v) is 16.1. The van der Waals surface area contributed by atoms with Crippen LogP contribution in [0.1, 0.15) is 28.0 Å². The van der Waals surface area contributed by atoms with Gasteiger partial charge in [-0.25, -0.2) is 14.8 Å². The number of thiophene rings is 1. The normalized spacial score (nSPS) is 11.0. The number of carbonyl (C=O) groups excluding carboxylic acids is 1. The van der Waals surface area contributed by atoms with Crippen LogP contribution < -0.4 is 5.73 Å². The summed E-state index contributed by atoms with van der Waals surface area (Å²) in [6.45, 7) is 3.95. The highest BCUT2D eigenvalue weighted by molar-refractivity contribution is 7.98. The zero-order valence-electron chi connectivity index (χ0n) is 13.7. The van der Waals surface area contributed by atoms with Crippen LogP contribution in [-0.4, -0.2) is 22.5 Å². The van der Waals surface area contributed by atoms with Crippen LogP contribution in [0.2, 0.25) is 5.02 Å². The van der Waals surface area contributed by atoms with E-state index in [1.165, 1.54) is 11.3 Å². The Balaban J connectivity index is 1.88. The third kappa shape index (κ3) is 3.89. The van der Waals surface area contributed by atoms with Crippen molar-refractivity contribution in [1.29, 1.82) is 0 Å². The van der Waals surface area contributed by atoms with Crippen LogP contribution in [0.15, 0.2) is 29.2 Å². The lowest BCUT2D eigenvalue weighted by Crippen LogP contribution is -2.03. The van der Waals surface area contributed by atoms with E-state index in [9.17, 15) is 4.79 Å². The summed E-state index contributed by atoms with van der Waals surface area (Å²) in [5, 5.41) is 1.43. The number of fused-ring (bicyclic) bond motifs is 1. The summed E-state index contributed by atoms with van der Waals surface area (Å²) in [5.41, 5.74) is 6.88. The number of halogens is 1. The number of rotatable bonds is 5. The molecule has 25 heavy (non-hydrogen) atoms. The summed E-state index contributed by atoms with van der Waals surface area (Å²) in [6, 6.07) is 7.58. The molecule has 0 saturated carbocycles. The molecule has 3 aromatic rings. The molecule has 8 heteroatoms. The first-order chi connectivity index (χ1) is 12.0. The van der Waals surface area contributed by atoms with Crippen molar-refractivity contribution in [2.24, 2.45) is 0 Å². The molecule has 0 unspecified atom stereocenters. The van der Waals surface area contributed by atoms with Crippen molar-refractivity contribution in [2.75, 3.05) is 12.3 Å². The smallest absolute Gasteiger partial charge is 0.348 e. The quantitative estimate of drug-likeness (QED) is 0.499. The molecule has 0 fully saturated rings. The van der Waals surface area contributed by atoms with Crippen LogP contribution in [0, 0.1) is 6.92 Å². The number of hydrogen-bond donors (Lipinski definition) is 1. The highest BCUT2D eigenvalue weighted by Gasteiger charge is 2.20. The van der Waals surface area contributed by atoms with Gasteiger partial charge in [0, 0.05) is 9.92 Å². The largest absolute Gasteiger partial charge is 0.462 e. The third-order valence-electron chi connectivity index (χ3n) is 3.51. The van der Waals surface area contributed by atoms with Crippen LogP contribution >= 0.6 is 34.7 Å². The second-order valence-electron chi connectivity index (χ2n) is 5.22. The first-order valence-corrected chi connectivity index (χ1v) is 9.78. The predicted molar refractivity (Wildman–Crippen MR) is 104 cm³/mol. The number of carbonyl (C=O) groups is 1. The maximum Gasteiger partial charge on any atom is 0.348 e. The van der Waals surface area contributed by atoms with Crippen molar-refractivity contribution >= 4 is 56.7 Å². The molecule has 3 rings (SSSR count). The number of esters is 1. The lowest BCUT2D eigenvalue weighted by Gasteiger charge is -2.04. The lowest BCUT2D eigenvalue weighted by atomic mass is 10.2. The van der Waals surface area contributed by atoms with Gasteiger partial charge in [-0.15, -0.1) is 23.1 Å². The number of anilines is 1. The number of nitrogen functional groups attached to an aromatic ring is 1. The Morgan fingerprint density at radius 2 is 2.04 bits per heavy atom. The average molecular weight is 394 g/mol. The fourth-order valence-electron chi connectivity index (χ4n) is 2.35. The van der Waals surface area contributed by atoms with Crippen molar-refractivity contribution in [2.45, 2.75) is 24.5 Å². The van der Waals surface area contributed by atoms with Gasteiger partial charge >= 0.3 is 5.97 Å². The number of aryl methyl sites for hydroxylation is 1. The maximum atomic E-state index is 12.1. The van der Waals surface area contributed by atoms with E-state index in [4.69, 9.17) is 22.1 Å². The Labute approximate surface area is 158 Å². The van der Waals surface area contributed by atoms with Crippen molar-refractivity contribution in [1.82, 2.24) is 9.97 Å². The van der Waals surface area contributed by atoms with E-state index in [1.54, 1.807) is 18.7 Å². The average Bonchev–Trinajstić information content (AvgIpc) is 2.92. The molecule has 0 aliphatic carbocycles. The zero-order chi connectivity index (χ0) is 18.0. The lowest BCUT2D eigenvalue weighted by molar-refractivity contribution is 0.0531. The Kier molecular flexibility index (Phi) is 5.46. The first kappa shape index (κ1) is 18.0. The Hall–Kier alpha value is -1.83. The third-order valence-corrected chi connectivity index (χ3v) is 5.93. The molecule has 2 aromatic heterocycles. The molecule has 0 saturated heterocycles. The summed E-state index contributed by atoms with van der Waals surface area (Å²) < 4.78 is 5.09. The van der Waals surface area contributed by atoms with Crippen molar-refractivity contribution in [3.8, 4) is 0 Å². The molecule has 0 aliphatic rings. The number of nitrogens with zero attached hydrogens (tertiary/aromatic N) is 2. The molecule has 2 heterocycles. The van der Waals surface area contributed by atoms with Gasteiger partial charge in [0.15, 0.2) is 0 Å². The van der Waals surface area contributed by atoms with Gasteiger partial charge in [0.2, 0.25) is 0 Å². The van der Waals surface area contributed by atoms with Crippen molar-refractivity contribution in [3.63, 3.8) is 0 Å². The number of aromatic nitrogens is 2. The second kappa shape index (κ2) is 7.59. The van der Waals surface area contributed by atoms with E-state index in [1.807, 2.05) is 31.2 Å². The molecule has 2 N–H and O–H groups in total. The van der Waals surface area contributed by atoms with Crippen molar-refractivity contribution in [3.05, 3.63) is 45.6 Å². The molecule has 5 nitrogen and oxygen atoms in total. The highest BCUT2D eigenvalue weighted by Crippen LogP contribution is 2.34. The van der Waals surface area contributed by atoms with E-state index in [2.05, 4.69) is 9.97 Å². The topological polar surface area (TPSA) is 78.1 Å². The number of benzene rings is 1. The van der Waals surface area contributed by atoms with Crippen LogP contribution in [0.25, 0.3) is 10.2 Å². The number of nitrogens with two attached hydrogens (primary N) is 1. The minimum absolute atomic E-state index is 0.330. The Bertz CT molecular complexity index is 926. The molecule has 0 aliphatic heterocycles. The van der Waals surface area contributed by atoms with Gasteiger partial charge < -0.3 is 10.5 Å². The molecule has 0 bridgehead atoms. The number of hydrogen-bond acceptors (Lipinski definition) is 7. The summed E-state index contributed by atoms with van der Waals surface area (Å²) in [6.07, 6.45) is 0. The first-order valence-electron chi connectivity index (χ1n) is 7.60. The number of thioether (sulfide) groups is 1. The standard InChI is InChI=1S/C17H16ClN3O2S2/c1-3-23-17(22)14-9(2)13-15(19)20-12(21-16(13)25-14)8-24-11-6-4-10(18)5-7-11/h4-7H,3,8H2,1-2H3,(H2,19,20,21). The van der Waals surface area contributed by atoms with Crippen molar-refractivity contribution < 1.29 is 9.53 Å². The molecule has 130 valence electrons. The van der Waals surface area contributed by atoms with Gasteiger partial charge in [-0.2, -0.15) is 0 Å². The summed E-state index contributed by atoms with van der Waals surface area (Å²) in [4.78, 5) is 23.3. The van der Waals surface area contributed by atoms with Gasteiger partial charge in [0.25, 0.3) is 0 Å². The minimum Gasteiger partial charge on any atom is -0.462 e. The fraction of sp³-hybridized carbons (Fsp3) is 0.235. The van der Waals surface area contributed by atoms with Gasteiger partial charge in [-0.1, -0.05) is 11.6 Å². The molecule has 1 aromatic carbocycles. The second-order valence-corrected chi connectivity index (χ2v) is 7.71. The van der Waals surface area contributed by atoms with Gasteiger partial charge in [0.1, 0.15) is 21.3 Å². The SMILES string of the molecule is CCOC(=O)c1sc2nc(CSc3ccc(Cl)cc3)nc(N)c2c1C. The Morgan fingerprint density at radius 3 is 2.72 bits per heavy atom. The van der Waals surface area contributed by atoms with Crippen LogP contribution in [0.3, 0.4) is 0 Å². The molecule has 0 atom stereocenters. The van der Waals surface area contributed by atoms with E-state index < -0.39 is 0 Å². The summed E-state index contributed by atoms with van der Waals surface area (Å²) in [5.74, 6) is 1.25. The van der Waals surface area contributed by atoms with E-state index >= 15 is 0 Å². The summed E-state index contributed by atoms with van der Waals surface area (Å²) >= 11 is 8.78. The maximum absolute atomic E-state index is 12.1. The minimum atomic E-state index is -0.348. The molecular formula is C17H16ClN3O2S2. The molecule has 0 radical (unpaired) electrons. The fourth-order valence-corrected chi connectivity index (χ4v) is 4.33. The molecular weight excluding hydrogens is 378 g/mol. The predicted octanol–water partition coefficient (Wildman–Crippen LogP) is 4.70. The van der Waals surface area contributed by atoms with Gasteiger partial charge in [0.05, 0.1) is 17.7 Å². The van der Waals surface area contributed by atoms with E-state index in [0.29, 0.717) is 38.7 Å². The van der Waals surface area contributed by atoms with Gasteiger partial charge in [-0.3, -0.25) is 0 Å². The van der Waals surface area contributed by atoms with E-state index in [0.717, 1.165) is 15.8 Å². The number of ether oxygens (including phenoxy) is 1. The van der Waals surface area contributed by atoms with Crippen LogP contribution in [-0.2, 0) is 10.5 Å². The van der Waals surface area contributed by atoms with Crippen LogP contribution in [0.4, 0.5) is 5.82 Å². The molecule has 0 spiro atoms. The summed E-state index contributed by atoms with van der Waals surface area (Å²) in [7, 11) is 0. The highest BCUT2D eigenvalue weighted by atomic mass is 35.5. The van der Waals surface area contributed by atoms with Crippen LogP contribution in [0.5, 0.6) is 0 Å². The van der Waals surface area contributed by atoms with Gasteiger partial charge in [-0.05, 0) is 43.7 Å². The monoisotopic (exact) mass is 393 g/mol. The van der Waals surface area contributed by atoms with E-state index in [-0.39, 0.29) is 5.97 Å².